The minimum atomic E-state index is 0.562. The van der Waals surface area contributed by atoms with Crippen molar-refractivity contribution in [1.29, 1.82) is 0 Å². The molecule has 0 spiro atoms. The molecule has 0 saturated heterocycles. The summed E-state index contributed by atoms with van der Waals surface area (Å²) >= 11 is 3.43. The Labute approximate surface area is 90.0 Å². The normalized spacial score (nSPS) is 10.4. The molecule has 4 heteroatoms. The fraction of sp³-hybridized carbons (Fsp3) is 0.100. The molecule has 2 N–H and O–H groups in total. The maximum atomic E-state index is 5.69. The van der Waals surface area contributed by atoms with Gasteiger partial charge in [-0.3, -0.25) is 0 Å². The first-order chi connectivity index (χ1) is 6.68. The van der Waals surface area contributed by atoms with Crippen LogP contribution >= 0.6 is 15.9 Å². The molecule has 0 amide bonds. The second-order valence-corrected chi connectivity index (χ2v) is 3.93. The van der Waals surface area contributed by atoms with Gasteiger partial charge in [0, 0.05) is 10.0 Å². The Morgan fingerprint density at radius 3 is 2.79 bits per heavy atom. The molecular formula is C10H9BrN2O. The largest absolute Gasteiger partial charge is 0.394 e. The average molecular weight is 253 g/mol. The zero-order chi connectivity index (χ0) is 10.1. The molecule has 0 bridgehead atoms. The van der Waals surface area contributed by atoms with E-state index in [4.69, 9.17) is 10.3 Å². The van der Waals surface area contributed by atoms with Crippen molar-refractivity contribution in [2.45, 2.75) is 6.92 Å². The van der Waals surface area contributed by atoms with Crippen LogP contribution in [-0.2, 0) is 0 Å². The molecular weight excluding hydrogens is 244 g/mol. The minimum Gasteiger partial charge on any atom is -0.394 e. The first-order valence-electron chi connectivity index (χ1n) is 4.15. The van der Waals surface area contributed by atoms with E-state index in [9.17, 15) is 0 Å². The predicted octanol–water partition coefficient (Wildman–Crippen LogP) is 2.99. The van der Waals surface area contributed by atoms with Crippen LogP contribution in [0, 0.1) is 6.92 Å². The summed E-state index contributed by atoms with van der Waals surface area (Å²) in [5, 5.41) is 3.64. The highest BCUT2D eigenvalue weighted by Gasteiger charge is 2.08. The van der Waals surface area contributed by atoms with Crippen LogP contribution in [0.25, 0.3) is 11.3 Å². The zero-order valence-corrected chi connectivity index (χ0v) is 9.21. The van der Waals surface area contributed by atoms with Crippen LogP contribution in [0.15, 0.2) is 33.4 Å². The molecule has 72 valence electrons. The summed E-state index contributed by atoms with van der Waals surface area (Å²) in [5.74, 6) is 0.626. The van der Waals surface area contributed by atoms with Gasteiger partial charge in [-0.1, -0.05) is 21.1 Å². The van der Waals surface area contributed by atoms with E-state index in [0.29, 0.717) is 11.4 Å². The highest BCUT2D eigenvalue weighted by Crippen LogP contribution is 2.28. The van der Waals surface area contributed by atoms with Crippen molar-refractivity contribution < 1.29 is 4.52 Å². The molecule has 2 aromatic rings. The number of hydrogen-bond donors (Lipinski definition) is 1. The molecule has 0 aliphatic heterocycles. The third-order valence-electron chi connectivity index (χ3n) is 2.02. The molecule has 0 atom stereocenters. The Bertz CT molecular complexity index is 465. The van der Waals surface area contributed by atoms with Gasteiger partial charge >= 0.3 is 0 Å². The molecule has 14 heavy (non-hydrogen) atoms. The van der Waals surface area contributed by atoms with Gasteiger partial charge in [0.25, 0.3) is 0 Å². The molecule has 0 saturated carbocycles. The van der Waals surface area contributed by atoms with Gasteiger partial charge in [0.05, 0.1) is 6.20 Å². The van der Waals surface area contributed by atoms with Gasteiger partial charge < -0.3 is 10.3 Å². The average Bonchev–Trinajstić information content (AvgIpc) is 2.57. The molecule has 1 heterocycles. The first-order valence-corrected chi connectivity index (χ1v) is 4.94. The van der Waals surface area contributed by atoms with Crippen LogP contribution in [0.3, 0.4) is 0 Å². The minimum absolute atomic E-state index is 0.562. The van der Waals surface area contributed by atoms with Crippen molar-refractivity contribution in [2.24, 2.45) is 0 Å². The Kier molecular flexibility index (Phi) is 2.29. The van der Waals surface area contributed by atoms with Crippen molar-refractivity contribution in [3.05, 3.63) is 34.4 Å². The summed E-state index contributed by atoms with van der Waals surface area (Å²) in [6, 6.07) is 5.90. The van der Waals surface area contributed by atoms with E-state index in [-0.39, 0.29) is 0 Å². The SMILES string of the molecule is Cc1cc(-c2oncc2N)ccc1Br. The van der Waals surface area contributed by atoms with Crippen LogP contribution in [0.2, 0.25) is 0 Å². The van der Waals surface area contributed by atoms with Gasteiger partial charge in [0.1, 0.15) is 5.69 Å². The Balaban J connectivity index is 2.53. The maximum Gasteiger partial charge on any atom is 0.189 e. The topological polar surface area (TPSA) is 52.0 Å². The standard InChI is InChI=1S/C10H9BrN2O/c1-6-4-7(2-3-8(6)11)10-9(12)5-13-14-10/h2-5H,12H2,1H3. The van der Waals surface area contributed by atoms with E-state index < -0.39 is 0 Å². The summed E-state index contributed by atoms with van der Waals surface area (Å²) in [5.41, 5.74) is 8.34. The van der Waals surface area contributed by atoms with E-state index in [2.05, 4.69) is 21.1 Å². The predicted molar refractivity (Wildman–Crippen MR) is 58.8 cm³/mol. The van der Waals surface area contributed by atoms with Gasteiger partial charge in [0.2, 0.25) is 0 Å². The van der Waals surface area contributed by atoms with Gasteiger partial charge in [0.15, 0.2) is 5.76 Å². The highest BCUT2D eigenvalue weighted by molar-refractivity contribution is 9.10. The molecule has 0 fully saturated rings. The van der Waals surface area contributed by atoms with E-state index in [1.54, 1.807) is 0 Å². The lowest BCUT2D eigenvalue weighted by atomic mass is 10.1. The number of anilines is 1. The fourth-order valence-electron chi connectivity index (χ4n) is 1.25. The summed E-state index contributed by atoms with van der Waals surface area (Å²) in [6.07, 6.45) is 1.51. The van der Waals surface area contributed by atoms with Crippen molar-refractivity contribution in [1.82, 2.24) is 5.16 Å². The van der Waals surface area contributed by atoms with Gasteiger partial charge in [-0.15, -0.1) is 0 Å². The number of nitrogens with two attached hydrogens (primary N) is 1. The van der Waals surface area contributed by atoms with Crippen molar-refractivity contribution in [2.75, 3.05) is 5.73 Å². The van der Waals surface area contributed by atoms with Crippen LogP contribution in [0.4, 0.5) is 5.69 Å². The molecule has 1 aromatic heterocycles. The second kappa shape index (κ2) is 3.46. The molecule has 3 nitrogen and oxygen atoms in total. The van der Waals surface area contributed by atoms with Crippen molar-refractivity contribution >= 4 is 21.6 Å². The van der Waals surface area contributed by atoms with Crippen molar-refractivity contribution in [3.8, 4) is 11.3 Å². The fourth-order valence-corrected chi connectivity index (χ4v) is 1.50. The van der Waals surface area contributed by atoms with Crippen molar-refractivity contribution in [3.63, 3.8) is 0 Å². The lowest BCUT2D eigenvalue weighted by Gasteiger charge is -2.01. The molecule has 2 rings (SSSR count). The zero-order valence-electron chi connectivity index (χ0n) is 7.62. The molecule has 0 unspecified atom stereocenters. The lowest BCUT2D eigenvalue weighted by molar-refractivity contribution is 0.432. The van der Waals surface area contributed by atoms with Crippen LogP contribution < -0.4 is 5.73 Å². The summed E-state index contributed by atoms with van der Waals surface area (Å²) in [4.78, 5) is 0. The van der Waals surface area contributed by atoms with Crippen LogP contribution in [0.1, 0.15) is 5.56 Å². The van der Waals surface area contributed by atoms with E-state index in [0.717, 1.165) is 15.6 Å². The maximum absolute atomic E-state index is 5.69. The van der Waals surface area contributed by atoms with Gasteiger partial charge in [-0.25, -0.2) is 0 Å². The van der Waals surface area contributed by atoms with E-state index >= 15 is 0 Å². The van der Waals surface area contributed by atoms with E-state index in [1.165, 1.54) is 6.20 Å². The summed E-state index contributed by atoms with van der Waals surface area (Å²) in [7, 11) is 0. The Morgan fingerprint density at radius 2 is 2.21 bits per heavy atom. The Hall–Kier alpha value is -1.29. The van der Waals surface area contributed by atoms with Crippen LogP contribution in [0.5, 0.6) is 0 Å². The van der Waals surface area contributed by atoms with Gasteiger partial charge in [-0.2, -0.15) is 0 Å². The summed E-state index contributed by atoms with van der Waals surface area (Å²) in [6.45, 7) is 2.01. The second-order valence-electron chi connectivity index (χ2n) is 3.07. The number of hydrogen-bond acceptors (Lipinski definition) is 3. The molecule has 1 aromatic carbocycles. The lowest BCUT2D eigenvalue weighted by Crippen LogP contribution is -1.85. The molecule has 0 aliphatic rings. The molecule has 0 radical (unpaired) electrons. The Morgan fingerprint density at radius 1 is 1.43 bits per heavy atom. The quantitative estimate of drug-likeness (QED) is 0.849. The number of benzene rings is 1. The third kappa shape index (κ3) is 1.53. The summed E-state index contributed by atoms with van der Waals surface area (Å²) < 4.78 is 6.12. The number of rotatable bonds is 1. The number of nitrogens with zero attached hydrogens (tertiary/aromatic N) is 1. The monoisotopic (exact) mass is 252 g/mol. The molecule has 0 aliphatic carbocycles. The number of nitrogen functional groups attached to an aromatic ring is 1. The third-order valence-corrected chi connectivity index (χ3v) is 2.91. The highest BCUT2D eigenvalue weighted by atomic mass is 79.9. The number of aromatic nitrogens is 1. The van der Waals surface area contributed by atoms with Gasteiger partial charge in [-0.05, 0) is 30.7 Å². The smallest absolute Gasteiger partial charge is 0.189 e. The number of aryl methyl sites for hydroxylation is 1. The number of halogens is 1. The van der Waals surface area contributed by atoms with Crippen LogP contribution in [-0.4, -0.2) is 5.16 Å². The van der Waals surface area contributed by atoms with E-state index in [1.807, 2.05) is 25.1 Å². The first kappa shape index (κ1) is 9.27.